The summed E-state index contributed by atoms with van der Waals surface area (Å²) in [4.78, 5) is 16.6. The van der Waals surface area contributed by atoms with Crippen LogP contribution < -0.4 is 5.32 Å². The highest BCUT2D eigenvalue weighted by Crippen LogP contribution is 2.22. The van der Waals surface area contributed by atoms with Crippen LogP contribution in [-0.4, -0.2) is 31.7 Å². The number of nitrogens with one attached hydrogen (secondary N) is 1. The van der Waals surface area contributed by atoms with Crippen molar-refractivity contribution < 1.29 is 4.79 Å². The number of hydrogen-bond donors (Lipinski definition) is 1. The number of carbonyl (C=O) groups is 1. The Balaban J connectivity index is 1.41. The predicted molar refractivity (Wildman–Crippen MR) is 103 cm³/mol. The SMILES string of the molecule is O=C(Cc1ccccc1Cl)NC1CCc2nnc(-c3cccnc3)n2CC1. The smallest absolute Gasteiger partial charge is 0.224 e. The van der Waals surface area contributed by atoms with Gasteiger partial charge < -0.3 is 9.88 Å². The Hall–Kier alpha value is -2.73. The van der Waals surface area contributed by atoms with Gasteiger partial charge in [-0.25, -0.2) is 0 Å². The Labute approximate surface area is 162 Å². The molecular formula is C20H20ClN5O. The zero-order chi connectivity index (χ0) is 18.6. The van der Waals surface area contributed by atoms with E-state index in [0.29, 0.717) is 11.4 Å². The molecule has 0 aliphatic carbocycles. The van der Waals surface area contributed by atoms with Gasteiger partial charge in [0.05, 0.1) is 6.42 Å². The van der Waals surface area contributed by atoms with Crippen LogP contribution in [-0.2, 0) is 24.2 Å². The summed E-state index contributed by atoms with van der Waals surface area (Å²) in [5.74, 6) is 1.79. The average Bonchev–Trinajstić information content (AvgIpc) is 2.99. The first kappa shape index (κ1) is 17.7. The second-order valence-electron chi connectivity index (χ2n) is 6.69. The van der Waals surface area contributed by atoms with Crippen LogP contribution >= 0.6 is 11.6 Å². The van der Waals surface area contributed by atoms with E-state index in [1.165, 1.54) is 0 Å². The van der Waals surface area contributed by atoms with E-state index < -0.39 is 0 Å². The van der Waals surface area contributed by atoms with Crippen molar-refractivity contribution in [1.82, 2.24) is 25.1 Å². The zero-order valence-electron chi connectivity index (χ0n) is 14.8. The standard InChI is InChI=1S/C20H20ClN5O/c21-17-6-2-1-4-14(17)12-19(27)23-16-7-8-18-24-25-20(26(18)11-9-16)15-5-3-10-22-13-15/h1-6,10,13,16H,7-9,11-12H2,(H,23,27). The number of hydrogen-bond acceptors (Lipinski definition) is 4. The van der Waals surface area contributed by atoms with Gasteiger partial charge in [-0.15, -0.1) is 10.2 Å². The van der Waals surface area contributed by atoms with Gasteiger partial charge in [-0.05, 0) is 36.6 Å². The molecule has 6 nitrogen and oxygen atoms in total. The van der Waals surface area contributed by atoms with Gasteiger partial charge >= 0.3 is 0 Å². The summed E-state index contributed by atoms with van der Waals surface area (Å²) in [6.07, 6.45) is 6.30. The zero-order valence-corrected chi connectivity index (χ0v) is 15.6. The molecule has 7 heteroatoms. The van der Waals surface area contributed by atoms with E-state index in [9.17, 15) is 4.79 Å². The van der Waals surface area contributed by atoms with Crippen LogP contribution in [0.4, 0.5) is 0 Å². The maximum atomic E-state index is 12.4. The molecule has 2 aromatic heterocycles. The molecular weight excluding hydrogens is 362 g/mol. The van der Waals surface area contributed by atoms with E-state index in [4.69, 9.17) is 11.6 Å². The highest BCUT2D eigenvalue weighted by atomic mass is 35.5. The van der Waals surface area contributed by atoms with Crippen LogP contribution in [0.2, 0.25) is 5.02 Å². The first-order valence-corrected chi connectivity index (χ1v) is 9.44. The van der Waals surface area contributed by atoms with Crippen molar-refractivity contribution in [3.8, 4) is 11.4 Å². The lowest BCUT2D eigenvalue weighted by molar-refractivity contribution is -0.121. The Bertz CT molecular complexity index is 941. The summed E-state index contributed by atoms with van der Waals surface area (Å²) < 4.78 is 2.14. The third-order valence-corrected chi connectivity index (χ3v) is 5.21. The second kappa shape index (κ2) is 7.88. The lowest BCUT2D eigenvalue weighted by Crippen LogP contribution is -2.36. The van der Waals surface area contributed by atoms with Gasteiger partial charge in [0, 0.05) is 42.0 Å². The number of fused-ring (bicyclic) bond motifs is 1. The van der Waals surface area contributed by atoms with Crippen molar-refractivity contribution in [2.24, 2.45) is 0 Å². The number of benzene rings is 1. The minimum Gasteiger partial charge on any atom is -0.353 e. The highest BCUT2D eigenvalue weighted by molar-refractivity contribution is 6.31. The fraction of sp³-hybridized carbons (Fsp3) is 0.300. The lowest BCUT2D eigenvalue weighted by Gasteiger charge is -2.16. The monoisotopic (exact) mass is 381 g/mol. The molecule has 0 saturated carbocycles. The minimum atomic E-state index is -0.00162. The first-order valence-electron chi connectivity index (χ1n) is 9.06. The molecule has 0 saturated heterocycles. The molecule has 0 spiro atoms. The molecule has 3 aromatic rings. The van der Waals surface area contributed by atoms with Crippen LogP contribution in [0.15, 0.2) is 48.8 Å². The molecule has 1 aliphatic rings. The molecule has 0 bridgehead atoms. The molecule has 27 heavy (non-hydrogen) atoms. The molecule has 1 unspecified atom stereocenters. The number of amides is 1. The summed E-state index contributed by atoms with van der Waals surface area (Å²) >= 11 is 6.16. The van der Waals surface area contributed by atoms with Gasteiger partial charge in [0.25, 0.3) is 0 Å². The summed E-state index contributed by atoms with van der Waals surface area (Å²) in [5, 5.41) is 12.4. The maximum Gasteiger partial charge on any atom is 0.224 e. The number of nitrogens with zero attached hydrogens (tertiary/aromatic N) is 4. The van der Waals surface area contributed by atoms with Crippen molar-refractivity contribution in [3.63, 3.8) is 0 Å². The predicted octanol–water partition coefficient (Wildman–Crippen LogP) is 3.06. The molecule has 1 aliphatic heterocycles. The van der Waals surface area contributed by atoms with E-state index in [0.717, 1.165) is 48.6 Å². The molecule has 1 atom stereocenters. The van der Waals surface area contributed by atoms with Crippen LogP contribution in [0.25, 0.3) is 11.4 Å². The fourth-order valence-corrected chi connectivity index (χ4v) is 3.64. The molecule has 0 fully saturated rings. The normalized spacial score (nSPS) is 16.4. The van der Waals surface area contributed by atoms with E-state index in [1.54, 1.807) is 12.4 Å². The number of aryl methyl sites for hydroxylation is 1. The van der Waals surface area contributed by atoms with Gasteiger partial charge in [-0.2, -0.15) is 0 Å². The first-order chi connectivity index (χ1) is 13.2. The molecule has 1 aromatic carbocycles. The molecule has 1 N–H and O–H groups in total. The Morgan fingerprint density at radius 2 is 2.07 bits per heavy atom. The van der Waals surface area contributed by atoms with Crippen molar-refractivity contribution >= 4 is 17.5 Å². The summed E-state index contributed by atoms with van der Waals surface area (Å²) in [6.45, 7) is 0.767. The minimum absolute atomic E-state index is 0.00162. The molecule has 0 radical (unpaired) electrons. The second-order valence-corrected chi connectivity index (χ2v) is 7.10. The maximum absolute atomic E-state index is 12.4. The van der Waals surface area contributed by atoms with Gasteiger partial charge in [-0.3, -0.25) is 9.78 Å². The van der Waals surface area contributed by atoms with Gasteiger partial charge in [0.2, 0.25) is 5.91 Å². The van der Waals surface area contributed by atoms with E-state index in [2.05, 4.69) is 25.1 Å². The summed E-state index contributed by atoms with van der Waals surface area (Å²) in [6, 6.07) is 11.4. The van der Waals surface area contributed by atoms with Crippen LogP contribution in [0.3, 0.4) is 0 Å². The van der Waals surface area contributed by atoms with Gasteiger partial charge in [-0.1, -0.05) is 29.8 Å². The van der Waals surface area contributed by atoms with E-state index >= 15 is 0 Å². The molecule has 3 heterocycles. The van der Waals surface area contributed by atoms with Gasteiger partial charge in [0.1, 0.15) is 5.82 Å². The fourth-order valence-electron chi connectivity index (χ4n) is 3.43. The highest BCUT2D eigenvalue weighted by Gasteiger charge is 2.22. The molecule has 4 rings (SSSR count). The summed E-state index contributed by atoms with van der Waals surface area (Å²) in [5.41, 5.74) is 1.80. The van der Waals surface area contributed by atoms with Crippen molar-refractivity contribution in [3.05, 3.63) is 65.2 Å². The number of halogens is 1. The van der Waals surface area contributed by atoms with E-state index in [-0.39, 0.29) is 11.9 Å². The Morgan fingerprint density at radius 3 is 2.89 bits per heavy atom. The number of rotatable bonds is 4. The third kappa shape index (κ3) is 4.01. The largest absolute Gasteiger partial charge is 0.353 e. The van der Waals surface area contributed by atoms with Crippen molar-refractivity contribution in [1.29, 1.82) is 0 Å². The number of carbonyl (C=O) groups excluding carboxylic acids is 1. The molecule has 1 amide bonds. The topological polar surface area (TPSA) is 72.7 Å². The third-order valence-electron chi connectivity index (χ3n) is 4.84. The van der Waals surface area contributed by atoms with Crippen molar-refractivity contribution in [2.45, 2.75) is 38.3 Å². The quantitative estimate of drug-likeness (QED) is 0.753. The van der Waals surface area contributed by atoms with Crippen LogP contribution in [0.5, 0.6) is 0 Å². The molecule has 138 valence electrons. The Morgan fingerprint density at radius 1 is 1.19 bits per heavy atom. The van der Waals surface area contributed by atoms with Crippen LogP contribution in [0, 0.1) is 0 Å². The summed E-state index contributed by atoms with van der Waals surface area (Å²) in [7, 11) is 0. The van der Waals surface area contributed by atoms with Crippen LogP contribution in [0.1, 0.15) is 24.2 Å². The number of aromatic nitrogens is 4. The average molecular weight is 382 g/mol. The number of pyridine rings is 1. The van der Waals surface area contributed by atoms with E-state index in [1.807, 2.05) is 36.4 Å². The van der Waals surface area contributed by atoms with Gasteiger partial charge in [0.15, 0.2) is 5.82 Å². The Kier molecular flexibility index (Phi) is 5.16. The van der Waals surface area contributed by atoms with Crippen molar-refractivity contribution in [2.75, 3.05) is 0 Å². The lowest BCUT2D eigenvalue weighted by atomic mass is 10.1.